The van der Waals surface area contributed by atoms with Gasteiger partial charge in [0, 0.05) is 17.9 Å². The van der Waals surface area contributed by atoms with Gasteiger partial charge < -0.3 is 4.74 Å². The molecule has 0 N–H and O–H groups in total. The molecule has 0 radical (unpaired) electrons. The summed E-state index contributed by atoms with van der Waals surface area (Å²) in [7, 11) is 0. The lowest BCUT2D eigenvalue weighted by atomic mass is 10.1. The number of carbonyl (C=O) groups is 2. The molecular formula is C25H23N3O3S. The predicted molar refractivity (Wildman–Crippen MR) is 127 cm³/mol. The van der Waals surface area contributed by atoms with E-state index in [0.717, 1.165) is 33.5 Å². The number of rotatable bonds is 4. The van der Waals surface area contributed by atoms with E-state index in [1.165, 1.54) is 18.3 Å². The van der Waals surface area contributed by atoms with Gasteiger partial charge in [-0.25, -0.2) is 14.8 Å². The zero-order valence-electron chi connectivity index (χ0n) is 18.6. The fourth-order valence-corrected chi connectivity index (χ4v) is 4.13. The molecule has 7 heteroatoms. The number of aliphatic imine (C=N–C) groups is 1. The Morgan fingerprint density at radius 1 is 1.00 bits per heavy atom. The van der Waals surface area contributed by atoms with Gasteiger partial charge in [-0.15, -0.1) is 11.3 Å². The van der Waals surface area contributed by atoms with Gasteiger partial charge in [0.25, 0.3) is 0 Å². The van der Waals surface area contributed by atoms with E-state index in [0.29, 0.717) is 10.8 Å². The van der Waals surface area contributed by atoms with Crippen LogP contribution in [0.2, 0.25) is 0 Å². The van der Waals surface area contributed by atoms with Crippen LogP contribution >= 0.6 is 11.3 Å². The van der Waals surface area contributed by atoms with Crippen LogP contribution in [-0.4, -0.2) is 22.8 Å². The van der Waals surface area contributed by atoms with Gasteiger partial charge in [0.2, 0.25) is 11.8 Å². The average Bonchev–Trinajstić information content (AvgIpc) is 3.34. The van der Waals surface area contributed by atoms with Crippen LogP contribution in [0.4, 0.5) is 10.8 Å². The number of ether oxygens (including phenoxy) is 1. The van der Waals surface area contributed by atoms with E-state index in [2.05, 4.69) is 9.98 Å². The van der Waals surface area contributed by atoms with Gasteiger partial charge in [-0.1, -0.05) is 12.1 Å². The molecule has 0 fully saturated rings. The number of benzene rings is 2. The average molecular weight is 446 g/mol. The Balaban J connectivity index is 1.64. The Kier molecular flexibility index (Phi) is 5.76. The van der Waals surface area contributed by atoms with Gasteiger partial charge >= 0.3 is 5.97 Å². The van der Waals surface area contributed by atoms with Crippen LogP contribution in [0.25, 0.3) is 6.08 Å². The number of aromatic nitrogens is 1. The summed E-state index contributed by atoms with van der Waals surface area (Å²) in [6, 6.07) is 11.6. The molecule has 3 aromatic rings. The minimum Gasteiger partial charge on any atom is -0.402 e. The van der Waals surface area contributed by atoms with Gasteiger partial charge in [0.05, 0.1) is 11.4 Å². The normalized spacial score (nSPS) is 14.5. The summed E-state index contributed by atoms with van der Waals surface area (Å²) < 4.78 is 5.37. The first-order chi connectivity index (χ1) is 15.2. The van der Waals surface area contributed by atoms with E-state index in [1.54, 1.807) is 16.4 Å². The first kappa shape index (κ1) is 21.6. The Morgan fingerprint density at radius 3 is 2.34 bits per heavy atom. The van der Waals surface area contributed by atoms with Crippen molar-refractivity contribution in [1.82, 2.24) is 4.98 Å². The molecule has 0 saturated heterocycles. The number of anilines is 2. The maximum atomic E-state index is 12.4. The number of aryl methyl sites for hydroxylation is 4. The van der Waals surface area contributed by atoms with Crippen LogP contribution in [0.3, 0.4) is 0 Å². The molecule has 1 amide bonds. The summed E-state index contributed by atoms with van der Waals surface area (Å²) in [4.78, 5) is 35.2. The van der Waals surface area contributed by atoms with Crippen molar-refractivity contribution in [1.29, 1.82) is 0 Å². The maximum Gasteiger partial charge on any atom is 0.363 e. The number of amides is 1. The number of carbonyl (C=O) groups excluding carboxylic acids is 2. The molecule has 2 heterocycles. The van der Waals surface area contributed by atoms with Crippen LogP contribution in [0.15, 0.2) is 52.5 Å². The first-order valence-electron chi connectivity index (χ1n) is 10.2. The minimum absolute atomic E-state index is 0.142. The lowest BCUT2D eigenvalue weighted by Crippen LogP contribution is -2.22. The van der Waals surface area contributed by atoms with Crippen molar-refractivity contribution in [2.75, 3.05) is 4.90 Å². The number of thiazole rings is 1. The molecule has 4 rings (SSSR count). The Hall–Kier alpha value is -3.58. The number of nitrogens with zero attached hydrogens (tertiary/aromatic N) is 3. The van der Waals surface area contributed by atoms with E-state index in [4.69, 9.17) is 4.74 Å². The van der Waals surface area contributed by atoms with Crippen LogP contribution < -0.4 is 4.90 Å². The number of cyclic esters (lactones) is 1. The molecular weight excluding hydrogens is 422 g/mol. The summed E-state index contributed by atoms with van der Waals surface area (Å²) in [6.07, 6.45) is 1.58. The highest BCUT2D eigenvalue weighted by molar-refractivity contribution is 7.14. The molecule has 0 saturated carbocycles. The fourth-order valence-electron chi connectivity index (χ4n) is 3.28. The third-order valence-corrected chi connectivity index (χ3v) is 6.27. The second-order valence-corrected chi connectivity index (χ2v) is 8.65. The second-order valence-electron chi connectivity index (χ2n) is 7.81. The largest absolute Gasteiger partial charge is 0.402 e. The molecule has 0 unspecified atom stereocenters. The monoisotopic (exact) mass is 445 g/mol. The topological polar surface area (TPSA) is 71.9 Å². The third-order valence-electron chi connectivity index (χ3n) is 5.42. The first-order valence-corrected chi connectivity index (χ1v) is 11.0. The van der Waals surface area contributed by atoms with Crippen LogP contribution in [-0.2, 0) is 14.3 Å². The zero-order valence-corrected chi connectivity index (χ0v) is 19.4. The summed E-state index contributed by atoms with van der Waals surface area (Å²) >= 11 is 1.33. The standard InChI is InChI=1S/C25H23N3O3S/c1-14-6-8-19(10-16(14)3)23-27-22(24(30)31-23)12-20-13-32-25(26-20)28(18(5)29)21-9-7-15(2)17(4)11-21/h6-13H,1-5H3/b22-12+. The van der Waals surface area contributed by atoms with Crippen molar-refractivity contribution in [3.8, 4) is 0 Å². The van der Waals surface area contributed by atoms with Gasteiger partial charge in [-0.3, -0.25) is 9.69 Å². The van der Waals surface area contributed by atoms with Crippen molar-refractivity contribution in [3.05, 3.63) is 81.0 Å². The van der Waals surface area contributed by atoms with E-state index < -0.39 is 5.97 Å². The van der Waals surface area contributed by atoms with Crippen LogP contribution in [0.1, 0.15) is 40.4 Å². The lowest BCUT2D eigenvalue weighted by molar-refractivity contribution is -0.130. The molecule has 32 heavy (non-hydrogen) atoms. The molecule has 2 aromatic carbocycles. The maximum absolute atomic E-state index is 12.4. The van der Waals surface area contributed by atoms with Crippen molar-refractivity contribution in [2.45, 2.75) is 34.6 Å². The fraction of sp³-hybridized carbons (Fsp3) is 0.200. The molecule has 1 aliphatic heterocycles. The van der Waals surface area contributed by atoms with Crippen molar-refractivity contribution in [2.24, 2.45) is 4.99 Å². The van der Waals surface area contributed by atoms with Crippen molar-refractivity contribution >= 4 is 46.0 Å². The van der Waals surface area contributed by atoms with E-state index >= 15 is 0 Å². The highest BCUT2D eigenvalue weighted by atomic mass is 32.1. The molecule has 0 aliphatic carbocycles. The highest BCUT2D eigenvalue weighted by Gasteiger charge is 2.25. The van der Waals surface area contributed by atoms with Crippen LogP contribution in [0, 0.1) is 27.7 Å². The second kappa shape index (κ2) is 8.51. The van der Waals surface area contributed by atoms with Crippen molar-refractivity contribution in [3.63, 3.8) is 0 Å². The molecule has 1 aromatic heterocycles. The zero-order chi connectivity index (χ0) is 23.0. The predicted octanol–water partition coefficient (Wildman–Crippen LogP) is 5.41. The molecule has 0 atom stereocenters. The summed E-state index contributed by atoms with van der Waals surface area (Å²) in [5.74, 6) is -0.386. The van der Waals surface area contributed by atoms with E-state index in [-0.39, 0.29) is 17.5 Å². The smallest absolute Gasteiger partial charge is 0.363 e. The van der Waals surface area contributed by atoms with Gasteiger partial charge in [-0.05, 0) is 80.3 Å². The number of hydrogen-bond donors (Lipinski definition) is 0. The van der Waals surface area contributed by atoms with Crippen LogP contribution in [0.5, 0.6) is 0 Å². The van der Waals surface area contributed by atoms with Crippen molar-refractivity contribution < 1.29 is 14.3 Å². The summed E-state index contributed by atoms with van der Waals surface area (Å²) in [5, 5.41) is 2.31. The lowest BCUT2D eigenvalue weighted by Gasteiger charge is -2.19. The molecule has 6 nitrogen and oxygen atoms in total. The third kappa shape index (κ3) is 4.24. The Labute approximate surface area is 190 Å². The number of hydrogen-bond acceptors (Lipinski definition) is 6. The van der Waals surface area contributed by atoms with Gasteiger partial charge in [0.1, 0.15) is 0 Å². The Bertz CT molecular complexity index is 1300. The molecule has 1 aliphatic rings. The SMILES string of the molecule is CC(=O)N(c1ccc(C)c(C)c1)c1nc(/C=C2/N=C(c3ccc(C)c(C)c3)OC2=O)cs1. The number of esters is 1. The molecule has 0 spiro atoms. The Morgan fingerprint density at radius 2 is 1.69 bits per heavy atom. The van der Waals surface area contributed by atoms with Gasteiger partial charge in [0.15, 0.2) is 10.8 Å². The highest BCUT2D eigenvalue weighted by Crippen LogP contribution is 2.31. The van der Waals surface area contributed by atoms with E-state index in [1.807, 2.05) is 64.1 Å². The summed E-state index contributed by atoms with van der Waals surface area (Å²) in [5.41, 5.74) is 6.72. The minimum atomic E-state index is -0.523. The van der Waals surface area contributed by atoms with Gasteiger partial charge in [-0.2, -0.15) is 0 Å². The molecule has 162 valence electrons. The molecule has 0 bridgehead atoms. The quantitative estimate of drug-likeness (QED) is 0.398. The summed E-state index contributed by atoms with van der Waals surface area (Å²) in [6.45, 7) is 9.56. The van der Waals surface area contributed by atoms with E-state index in [9.17, 15) is 9.59 Å².